The van der Waals surface area contributed by atoms with Crippen LogP contribution in [0.3, 0.4) is 0 Å². The van der Waals surface area contributed by atoms with E-state index >= 15 is 0 Å². The number of amides is 1. The molecule has 0 fully saturated rings. The first-order valence-corrected chi connectivity index (χ1v) is 9.34. The average Bonchev–Trinajstić information content (AvgIpc) is 2.99. The summed E-state index contributed by atoms with van der Waals surface area (Å²) in [6.07, 6.45) is 0. The Kier molecular flexibility index (Phi) is 4.84. The first kappa shape index (κ1) is 18.2. The largest absolute Gasteiger partial charge is 0.320 e. The van der Waals surface area contributed by atoms with Gasteiger partial charge in [-0.3, -0.25) is 4.79 Å². The number of nitrogens with one attached hydrogen (secondary N) is 1. The Bertz CT molecular complexity index is 1150. The van der Waals surface area contributed by atoms with Gasteiger partial charge in [-0.05, 0) is 49.7 Å². The van der Waals surface area contributed by atoms with Crippen molar-refractivity contribution in [2.24, 2.45) is 0 Å². The van der Waals surface area contributed by atoms with Gasteiger partial charge in [0, 0.05) is 10.6 Å². The highest BCUT2D eigenvalue weighted by Gasteiger charge is 2.14. The molecular formula is C22H19ClN4O. The van der Waals surface area contributed by atoms with Crippen LogP contribution >= 0.6 is 11.6 Å². The molecule has 0 aliphatic rings. The van der Waals surface area contributed by atoms with Crippen LogP contribution in [0.5, 0.6) is 0 Å². The van der Waals surface area contributed by atoms with Crippen LogP contribution in [0.4, 0.5) is 5.69 Å². The SMILES string of the molecule is Cc1nc2c(cc1NC(=O)c1ccccc1)nc(C)n2Cc1ccc(Cl)cc1. The van der Waals surface area contributed by atoms with Crippen LogP contribution in [0.2, 0.25) is 5.02 Å². The number of carbonyl (C=O) groups is 1. The summed E-state index contributed by atoms with van der Waals surface area (Å²) in [5.41, 5.74) is 4.67. The predicted molar refractivity (Wildman–Crippen MR) is 112 cm³/mol. The van der Waals surface area contributed by atoms with E-state index in [1.807, 2.05) is 62.4 Å². The molecule has 6 heteroatoms. The minimum absolute atomic E-state index is 0.165. The molecule has 0 bridgehead atoms. The Morgan fingerprint density at radius 2 is 1.75 bits per heavy atom. The van der Waals surface area contributed by atoms with Crippen molar-refractivity contribution in [1.82, 2.24) is 14.5 Å². The van der Waals surface area contributed by atoms with E-state index < -0.39 is 0 Å². The number of hydrogen-bond acceptors (Lipinski definition) is 3. The molecule has 0 unspecified atom stereocenters. The maximum Gasteiger partial charge on any atom is 0.255 e. The van der Waals surface area contributed by atoms with Gasteiger partial charge in [0.2, 0.25) is 0 Å². The molecule has 28 heavy (non-hydrogen) atoms. The van der Waals surface area contributed by atoms with Crippen LogP contribution in [0.1, 0.15) is 27.4 Å². The van der Waals surface area contributed by atoms with Crippen molar-refractivity contribution in [1.29, 1.82) is 0 Å². The van der Waals surface area contributed by atoms with Crippen molar-refractivity contribution < 1.29 is 4.79 Å². The number of anilines is 1. The Morgan fingerprint density at radius 1 is 1.04 bits per heavy atom. The number of nitrogens with zero attached hydrogens (tertiary/aromatic N) is 3. The fraction of sp³-hybridized carbons (Fsp3) is 0.136. The summed E-state index contributed by atoms with van der Waals surface area (Å²) in [6, 6.07) is 18.7. The highest BCUT2D eigenvalue weighted by Crippen LogP contribution is 2.23. The van der Waals surface area contributed by atoms with Crippen LogP contribution in [0.25, 0.3) is 11.2 Å². The fourth-order valence-corrected chi connectivity index (χ4v) is 3.25. The van der Waals surface area contributed by atoms with E-state index in [2.05, 4.69) is 14.9 Å². The van der Waals surface area contributed by atoms with E-state index in [-0.39, 0.29) is 5.91 Å². The zero-order valence-electron chi connectivity index (χ0n) is 15.6. The van der Waals surface area contributed by atoms with Crippen LogP contribution in [-0.2, 0) is 6.54 Å². The summed E-state index contributed by atoms with van der Waals surface area (Å²) in [4.78, 5) is 21.8. The number of hydrogen-bond donors (Lipinski definition) is 1. The molecule has 0 aliphatic heterocycles. The molecule has 1 N–H and O–H groups in total. The van der Waals surface area contributed by atoms with Crippen molar-refractivity contribution in [2.45, 2.75) is 20.4 Å². The van der Waals surface area contributed by atoms with E-state index in [1.165, 1.54) is 0 Å². The average molecular weight is 391 g/mol. The molecule has 0 saturated carbocycles. The number of imidazole rings is 1. The molecule has 0 saturated heterocycles. The zero-order chi connectivity index (χ0) is 19.7. The van der Waals surface area contributed by atoms with Crippen LogP contribution in [0, 0.1) is 13.8 Å². The molecule has 4 rings (SSSR count). The number of halogens is 1. The van der Waals surface area contributed by atoms with Crippen LogP contribution in [0.15, 0.2) is 60.7 Å². The molecule has 0 radical (unpaired) electrons. The third-order valence-corrected chi connectivity index (χ3v) is 4.89. The Hall–Kier alpha value is -3.18. The van der Waals surface area contributed by atoms with E-state index in [0.29, 0.717) is 22.8 Å². The predicted octanol–water partition coefficient (Wildman–Crippen LogP) is 5.00. The quantitative estimate of drug-likeness (QED) is 0.533. The third kappa shape index (κ3) is 3.62. The number of pyridine rings is 1. The van der Waals surface area contributed by atoms with Gasteiger partial charge in [-0.15, -0.1) is 0 Å². The minimum Gasteiger partial charge on any atom is -0.320 e. The summed E-state index contributed by atoms with van der Waals surface area (Å²) in [5.74, 6) is 0.700. The van der Waals surface area contributed by atoms with Gasteiger partial charge in [-0.2, -0.15) is 0 Å². The monoisotopic (exact) mass is 390 g/mol. The van der Waals surface area contributed by atoms with Gasteiger partial charge in [0.15, 0.2) is 5.65 Å². The third-order valence-electron chi connectivity index (χ3n) is 4.64. The molecule has 0 aliphatic carbocycles. The van der Waals surface area contributed by atoms with Crippen molar-refractivity contribution in [3.63, 3.8) is 0 Å². The minimum atomic E-state index is -0.165. The van der Waals surface area contributed by atoms with Gasteiger partial charge >= 0.3 is 0 Å². The Labute approximate surface area is 168 Å². The zero-order valence-corrected chi connectivity index (χ0v) is 16.4. The van der Waals surface area contributed by atoms with Gasteiger partial charge < -0.3 is 9.88 Å². The molecule has 2 aromatic carbocycles. The van der Waals surface area contributed by atoms with E-state index in [0.717, 1.165) is 28.2 Å². The van der Waals surface area contributed by atoms with Gasteiger partial charge in [0.25, 0.3) is 5.91 Å². The molecule has 140 valence electrons. The van der Waals surface area contributed by atoms with Gasteiger partial charge in [0.1, 0.15) is 11.3 Å². The number of fused-ring (bicyclic) bond motifs is 1. The lowest BCUT2D eigenvalue weighted by molar-refractivity contribution is 0.102. The highest BCUT2D eigenvalue weighted by molar-refractivity contribution is 6.30. The number of carbonyl (C=O) groups excluding carboxylic acids is 1. The number of aromatic nitrogens is 3. The highest BCUT2D eigenvalue weighted by atomic mass is 35.5. The first-order chi connectivity index (χ1) is 13.5. The molecule has 1 amide bonds. The molecule has 4 aromatic rings. The lowest BCUT2D eigenvalue weighted by Gasteiger charge is -2.10. The maximum absolute atomic E-state index is 12.5. The number of benzene rings is 2. The standard InChI is InChI=1S/C22H19ClN4O/c1-14-19(26-22(28)17-6-4-3-5-7-17)12-20-21(24-14)27(15(2)25-20)13-16-8-10-18(23)11-9-16/h3-12H,13H2,1-2H3,(H,26,28). The molecular weight excluding hydrogens is 372 g/mol. The van der Waals surface area contributed by atoms with E-state index in [1.54, 1.807) is 12.1 Å². The van der Waals surface area contributed by atoms with Gasteiger partial charge in [0.05, 0.1) is 17.9 Å². The molecule has 2 heterocycles. The van der Waals surface area contributed by atoms with Crippen molar-refractivity contribution in [3.8, 4) is 0 Å². The fourth-order valence-electron chi connectivity index (χ4n) is 3.12. The lowest BCUT2D eigenvalue weighted by atomic mass is 10.2. The smallest absolute Gasteiger partial charge is 0.255 e. The van der Waals surface area contributed by atoms with E-state index in [9.17, 15) is 4.79 Å². The van der Waals surface area contributed by atoms with Crippen molar-refractivity contribution in [2.75, 3.05) is 5.32 Å². The number of aryl methyl sites for hydroxylation is 2. The molecule has 0 atom stereocenters. The Balaban J connectivity index is 1.66. The topological polar surface area (TPSA) is 59.8 Å². The second-order valence-electron chi connectivity index (χ2n) is 6.66. The van der Waals surface area contributed by atoms with Crippen LogP contribution in [-0.4, -0.2) is 20.4 Å². The van der Waals surface area contributed by atoms with Gasteiger partial charge in [-0.1, -0.05) is 41.9 Å². The first-order valence-electron chi connectivity index (χ1n) is 8.96. The van der Waals surface area contributed by atoms with Crippen molar-refractivity contribution in [3.05, 3.63) is 88.3 Å². The Morgan fingerprint density at radius 3 is 2.46 bits per heavy atom. The molecule has 2 aromatic heterocycles. The second-order valence-corrected chi connectivity index (χ2v) is 7.09. The second kappa shape index (κ2) is 7.44. The summed E-state index contributed by atoms with van der Waals surface area (Å²) in [6.45, 7) is 4.49. The summed E-state index contributed by atoms with van der Waals surface area (Å²) in [7, 11) is 0. The number of rotatable bonds is 4. The summed E-state index contributed by atoms with van der Waals surface area (Å²) >= 11 is 5.98. The van der Waals surface area contributed by atoms with E-state index in [4.69, 9.17) is 16.6 Å². The van der Waals surface area contributed by atoms with Gasteiger partial charge in [-0.25, -0.2) is 9.97 Å². The molecule has 0 spiro atoms. The molecule has 5 nitrogen and oxygen atoms in total. The van der Waals surface area contributed by atoms with Crippen molar-refractivity contribution >= 4 is 34.4 Å². The maximum atomic E-state index is 12.5. The lowest BCUT2D eigenvalue weighted by Crippen LogP contribution is -2.13. The summed E-state index contributed by atoms with van der Waals surface area (Å²) < 4.78 is 2.06. The van der Waals surface area contributed by atoms with Crippen LogP contribution < -0.4 is 5.32 Å². The summed E-state index contributed by atoms with van der Waals surface area (Å²) in [5, 5.41) is 3.65. The normalized spacial score (nSPS) is 11.0.